The van der Waals surface area contributed by atoms with Crippen molar-refractivity contribution in [2.24, 2.45) is 4.99 Å². The van der Waals surface area contributed by atoms with Crippen LogP contribution in [-0.4, -0.2) is 50.3 Å². The van der Waals surface area contributed by atoms with Crippen LogP contribution in [0.15, 0.2) is 29.3 Å². The fourth-order valence-corrected chi connectivity index (χ4v) is 5.25. The van der Waals surface area contributed by atoms with Crippen LogP contribution in [0, 0.1) is 0 Å². The monoisotopic (exact) mass is 395 g/mol. The third-order valence-electron chi connectivity index (χ3n) is 5.77. The zero-order valence-electron chi connectivity index (χ0n) is 15.8. The number of guanidine groups is 1. The van der Waals surface area contributed by atoms with Crippen molar-refractivity contribution >= 4 is 29.3 Å². The molecule has 1 aliphatic carbocycles. The molecule has 1 aromatic carbocycles. The van der Waals surface area contributed by atoms with Gasteiger partial charge in [0, 0.05) is 48.5 Å². The average Bonchev–Trinajstić information content (AvgIpc) is 3.14. The molecule has 1 aromatic rings. The molecule has 0 spiro atoms. The Kier molecular flexibility index (Phi) is 7.12. The predicted octanol–water partition coefficient (Wildman–Crippen LogP) is 3.84. The van der Waals surface area contributed by atoms with Crippen LogP contribution in [0.4, 0.5) is 0 Å². The van der Waals surface area contributed by atoms with E-state index < -0.39 is 0 Å². The molecule has 2 fully saturated rings. The first-order chi connectivity index (χ1) is 12.7. The topological polar surface area (TPSA) is 45.7 Å². The molecule has 6 heteroatoms. The molecule has 1 heterocycles. The number of ether oxygens (including phenoxy) is 1. The molecule has 4 nitrogen and oxygen atoms in total. The van der Waals surface area contributed by atoms with Crippen molar-refractivity contribution in [2.45, 2.75) is 48.8 Å². The summed E-state index contributed by atoms with van der Waals surface area (Å²) in [6.07, 6.45) is 7.87. The second-order valence-electron chi connectivity index (χ2n) is 7.31. The smallest absolute Gasteiger partial charge is 0.191 e. The largest absolute Gasteiger partial charge is 0.381 e. The maximum Gasteiger partial charge on any atom is 0.191 e. The molecule has 1 aliphatic heterocycles. The molecule has 0 bridgehead atoms. The van der Waals surface area contributed by atoms with Gasteiger partial charge in [0.05, 0.1) is 0 Å². The van der Waals surface area contributed by atoms with Crippen LogP contribution >= 0.6 is 23.4 Å². The molecular weight excluding hydrogens is 366 g/mol. The zero-order valence-corrected chi connectivity index (χ0v) is 17.3. The van der Waals surface area contributed by atoms with Gasteiger partial charge in [0.2, 0.25) is 0 Å². The van der Waals surface area contributed by atoms with Gasteiger partial charge >= 0.3 is 0 Å². The van der Waals surface area contributed by atoms with Crippen LogP contribution in [0.3, 0.4) is 0 Å². The molecule has 0 aromatic heterocycles. The second-order valence-corrected chi connectivity index (χ2v) is 8.86. The van der Waals surface area contributed by atoms with E-state index >= 15 is 0 Å². The zero-order chi connectivity index (χ0) is 18.4. The third-order valence-corrected chi connectivity index (χ3v) is 7.20. The fraction of sp³-hybridized carbons (Fsp3) is 0.650. The number of halogens is 1. The van der Waals surface area contributed by atoms with Gasteiger partial charge in [-0.05, 0) is 50.0 Å². The molecule has 0 radical (unpaired) electrons. The first-order valence-electron chi connectivity index (χ1n) is 9.49. The molecule has 2 aliphatic rings. The Morgan fingerprint density at radius 1 is 1.31 bits per heavy atom. The van der Waals surface area contributed by atoms with Gasteiger partial charge in [-0.25, -0.2) is 0 Å². The predicted molar refractivity (Wildman–Crippen MR) is 113 cm³/mol. The Labute approximate surface area is 166 Å². The molecular formula is C20H30ClN3OS. The Morgan fingerprint density at radius 2 is 2.08 bits per heavy atom. The number of benzene rings is 1. The van der Waals surface area contributed by atoms with Crippen molar-refractivity contribution in [3.8, 4) is 0 Å². The molecule has 2 N–H and O–H groups in total. The minimum Gasteiger partial charge on any atom is -0.381 e. The molecule has 0 amide bonds. The standard InChI is InChI=1S/C20H30ClN3OS/c1-22-19(24-15-7-8-16(13-15)26-2)23-14-20(9-11-25-12-10-20)17-5-3-4-6-18(17)21/h3-6,15-16H,7-14H2,1-2H3,(H2,22,23,24). The van der Waals surface area contributed by atoms with Gasteiger partial charge < -0.3 is 15.4 Å². The number of hydrogen-bond donors (Lipinski definition) is 2. The molecule has 3 rings (SSSR count). The van der Waals surface area contributed by atoms with Gasteiger partial charge in [0.15, 0.2) is 5.96 Å². The van der Waals surface area contributed by atoms with Crippen LogP contribution < -0.4 is 10.6 Å². The lowest BCUT2D eigenvalue weighted by Gasteiger charge is -2.39. The summed E-state index contributed by atoms with van der Waals surface area (Å²) in [6.45, 7) is 2.37. The van der Waals surface area contributed by atoms with E-state index in [1.54, 1.807) is 0 Å². The van der Waals surface area contributed by atoms with E-state index in [0.29, 0.717) is 6.04 Å². The van der Waals surface area contributed by atoms with Crippen LogP contribution in [0.1, 0.15) is 37.7 Å². The third kappa shape index (κ3) is 4.68. The molecule has 144 valence electrons. The average molecular weight is 396 g/mol. The summed E-state index contributed by atoms with van der Waals surface area (Å²) in [6, 6.07) is 8.74. The van der Waals surface area contributed by atoms with Gasteiger partial charge in [0.1, 0.15) is 0 Å². The number of aliphatic imine (C=N–C) groups is 1. The van der Waals surface area contributed by atoms with Crippen LogP contribution in [0.25, 0.3) is 0 Å². The lowest BCUT2D eigenvalue weighted by molar-refractivity contribution is 0.0514. The van der Waals surface area contributed by atoms with E-state index in [4.69, 9.17) is 16.3 Å². The van der Waals surface area contributed by atoms with Crippen LogP contribution in [-0.2, 0) is 10.2 Å². The highest BCUT2D eigenvalue weighted by atomic mass is 35.5. The molecule has 26 heavy (non-hydrogen) atoms. The lowest BCUT2D eigenvalue weighted by Crippen LogP contribution is -2.50. The van der Waals surface area contributed by atoms with Crippen molar-refractivity contribution < 1.29 is 4.74 Å². The second kappa shape index (κ2) is 9.34. The Morgan fingerprint density at radius 3 is 2.73 bits per heavy atom. The van der Waals surface area contributed by atoms with E-state index in [1.165, 1.54) is 24.8 Å². The Bertz CT molecular complexity index is 619. The summed E-state index contributed by atoms with van der Waals surface area (Å²) in [5.74, 6) is 0.898. The lowest BCUT2D eigenvalue weighted by atomic mass is 9.74. The summed E-state index contributed by atoms with van der Waals surface area (Å²) in [4.78, 5) is 4.46. The van der Waals surface area contributed by atoms with Gasteiger partial charge in [-0.15, -0.1) is 0 Å². The van der Waals surface area contributed by atoms with E-state index in [9.17, 15) is 0 Å². The minimum absolute atomic E-state index is 0.00824. The first-order valence-corrected chi connectivity index (χ1v) is 11.2. The maximum atomic E-state index is 6.55. The highest BCUT2D eigenvalue weighted by Gasteiger charge is 2.36. The molecule has 2 unspecified atom stereocenters. The Hall–Kier alpha value is -0.910. The molecule has 1 saturated carbocycles. The van der Waals surface area contributed by atoms with E-state index in [-0.39, 0.29) is 5.41 Å². The molecule has 2 atom stereocenters. The summed E-state index contributed by atoms with van der Waals surface area (Å²) in [5, 5.41) is 8.82. The van der Waals surface area contributed by atoms with Gasteiger partial charge in [-0.2, -0.15) is 11.8 Å². The van der Waals surface area contributed by atoms with Gasteiger partial charge in [-0.1, -0.05) is 29.8 Å². The van der Waals surface area contributed by atoms with E-state index in [1.807, 2.05) is 30.9 Å². The van der Waals surface area contributed by atoms with Crippen molar-refractivity contribution in [3.05, 3.63) is 34.9 Å². The van der Waals surface area contributed by atoms with E-state index in [2.05, 4.69) is 34.0 Å². The summed E-state index contributed by atoms with van der Waals surface area (Å²) < 4.78 is 5.63. The van der Waals surface area contributed by atoms with Crippen LogP contribution in [0.5, 0.6) is 0 Å². The summed E-state index contributed by atoms with van der Waals surface area (Å²) in [5.41, 5.74) is 1.21. The number of hydrogen-bond acceptors (Lipinski definition) is 3. The van der Waals surface area contributed by atoms with Crippen molar-refractivity contribution in [1.82, 2.24) is 10.6 Å². The number of thioether (sulfide) groups is 1. The number of nitrogens with zero attached hydrogens (tertiary/aromatic N) is 1. The first kappa shape index (κ1) is 19.8. The SMILES string of the molecule is CN=C(NCC1(c2ccccc2Cl)CCOCC1)NC1CCC(SC)C1. The number of nitrogens with one attached hydrogen (secondary N) is 2. The highest BCUT2D eigenvalue weighted by molar-refractivity contribution is 7.99. The maximum absolute atomic E-state index is 6.55. The van der Waals surface area contributed by atoms with E-state index in [0.717, 1.165) is 48.8 Å². The quantitative estimate of drug-likeness (QED) is 0.587. The highest BCUT2D eigenvalue weighted by Crippen LogP contribution is 2.38. The molecule has 1 saturated heterocycles. The Balaban J connectivity index is 1.66. The van der Waals surface area contributed by atoms with Crippen molar-refractivity contribution in [1.29, 1.82) is 0 Å². The van der Waals surface area contributed by atoms with Crippen molar-refractivity contribution in [3.63, 3.8) is 0 Å². The summed E-state index contributed by atoms with van der Waals surface area (Å²) >= 11 is 8.53. The van der Waals surface area contributed by atoms with Crippen LogP contribution in [0.2, 0.25) is 5.02 Å². The normalized spacial score (nSPS) is 25.9. The fourth-order valence-electron chi connectivity index (χ4n) is 4.12. The minimum atomic E-state index is -0.00824. The number of rotatable bonds is 5. The summed E-state index contributed by atoms with van der Waals surface area (Å²) in [7, 11) is 1.85. The van der Waals surface area contributed by atoms with Gasteiger partial charge in [-0.3, -0.25) is 4.99 Å². The van der Waals surface area contributed by atoms with Crippen molar-refractivity contribution in [2.75, 3.05) is 33.1 Å². The van der Waals surface area contributed by atoms with Gasteiger partial charge in [0.25, 0.3) is 0 Å².